The van der Waals surface area contributed by atoms with Crippen LogP contribution in [-0.4, -0.2) is 39.5 Å². The van der Waals surface area contributed by atoms with Crippen LogP contribution in [0, 0.1) is 5.41 Å². The molecule has 0 fully saturated rings. The van der Waals surface area contributed by atoms with Crippen molar-refractivity contribution in [2.24, 2.45) is 5.84 Å². The summed E-state index contributed by atoms with van der Waals surface area (Å²) in [6, 6.07) is 14.5. The minimum absolute atomic E-state index is 0.0649. The highest BCUT2D eigenvalue weighted by Crippen LogP contribution is 2.15. The number of nitrogens with two attached hydrogens (primary N) is 2. The van der Waals surface area contributed by atoms with Crippen LogP contribution >= 0.6 is 0 Å². The van der Waals surface area contributed by atoms with Crippen LogP contribution in [0.15, 0.2) is 58.1 Å². The Morgan fingerprint density at radius 1 is 1.03 bits per heavy atom. The predicted octanol–water partition coefficient (Wildman–Crippen LogP) is 2.18. The van der Waals surface area contributed by atoms with Crippen molar-refractivity contribution in [3.8, 4) is 0 Å². The number of carbonyl (C=O) groups is 1. The highest BCUT2D eigenvalue weighted by atomic mass is 16.2. The summed E-state index contributed by atoms with van der Waals surface area (Å²) >= 11 is 0. The third-order valence-corrected chi connectivity index (χ3v) is 6.11. The zero-order valence-corrected chi connectivity index (χ0v) is 22.1. The van der Waals surface area contributed by atoms with Gasteiger partial charge in [0.15, 0.2) is 0 Å². The van der Waals surface area contributed by atoms with Crippen molar-refractivity contribution in [1.29, 1.82) is 5.41 Å². The Balaban J connectivity index is 1.85. The fourth-order valence-corrected chi connectivity index (χ4v) is 4.00. The fourth-order valence-electron chi connectivity index (χ4n) is 4.00. The molecule has 0 unspecified atom stereocenters. The molecule has 3 rings (SSSR count). The van der Waals surface area contributed by atoms with Crippen molar-refractivity contribution >= 4 is 28.9 Å². The third kappa shape index (κ3) is 6.88. The number of anilines is 3. The Morgan fingerprint density at radius 3 is 2.24 bits per heavy atom. The number of carbonyl (C=O) groups excluding carboxylic acids is 1. The van der Waals surface area contributed by atoms with E-state index in [2.05, 4.69) is 10.6 Å². The minimum Gasteiger partial charge on any atom is -0.383 e. The molecule has 1 heterocycles. The quantitative estimate of drug-likeness (QED) is 0.112. The maximum Gasteiger partial charge on any atom is 0.332 e. The molecule has 202 valence electrons. The summed E-state index contributed by atoms with van der Waals surface area (Å²) in [6.07, 6.45) is 2.22. The van der Waals surface area contributed by atoms with Crippen LogP contribution in [0.2, 0.25) is 0 Å². The first kappa shape index (κ1) is 28.2. The molecule has 0 saturated carbocycles. The van der Waals surface area contributed by atoms with Gasteiger partial charge in [0.1, 0.15) is 17.3 Å². The lowest BCUT2D eigenvalue weighted by Crippen LogP contribution is -2.42. The zero-order valence-electron chi connectivity index (χ0n) is 22.1. The maximum atomic E-state index is 13.4. The van der Waals surface area contributed by atoms with Crippen LogP contribution < -0.4 is 33.5 Å². The number of hydrogen-bond donors (Lipinski definition) is 5. The Bertz CT molecular complexity index is 1390. The molecule has 0 radical (unpaired) electrons. The highest BCUT2D eigenvalue weighted by molar-refractivity contribution is 5.95. The van der Waals surface area contributed by atoms with E-state index < -0.39 is 11.2 Å². The van der Waals surface area contributed by atoms with Gasteiger partial charge in [0.2, 0.25) is 5.91 Å². The van der Waals surface area contributed by atoms with Gasteiger partial charge < -0.3 is 16.4 Å². The lowest BCUT2D eigenvalue weighted by atomic mass is 10.1. The molecule has 0 aliphatic carbocycles. The first-order valence-corrected chi connectivity index (χ1v) is 12.5. The summed E-state index contributed by atoms with van der Waals surface area (Å²) in [5.74, 6) is 5.78. The van der Waals surface area contributed by atoms with E-state index in [1.54, 1.807) is 31.3 Å². The number of hydrogen-bond acceptors (Lipinski definition) is 7. The van der Waals surface area contributed by atoms with Crippen molar-refractivity contribution in [1.82, 2.24) is 14.1 Å². The summed E-state index contributed by atoms with van der Waals surface area (Å²) in [5.41, 5.74) is 8.65. The molecule has 2 aromatic carbocycles. The average Bonchev–Trinajstić information content (AvgIpc) is 2.89. The molecule has 0 spiro atoms. The molecule has 1 aromatic heterocycles. The van der Waals surface area contributed by atoms with E-state index in [0.717, 1.165) is 24.0 Å². The first-order chi connectivity index (χ1) is 18.1. The van der Waals surface area contributed by atoms with Crippen LogP contribution in [0.25, 0.3) is 0 Å². The van der Waals surface area contributed by atoms with E-state index in [1.165, 1.54) is 21.1 Å². The minimum atomic E-state index is -0.486. The largest absolute Gasteiger partial charge is 0.383 e. The van der Waals surface area contributed by atoms with Crippen molar-refractivity contribution in [3.63, 3.8) is 0 Å². The second-order valence-electron chi connectivity index (χ2n) is 9.15. The molecular formula is C27H36N8O3. The van der Waals surface area contributed by atoms with E-state index in [0.29, 0.717) is 30.8 Å². The van der Waals surface area contributed by atoms with Crippen molar-refractivity contribution in [3.05, 3.63) is 86.1 Å². The van der Waals surface area contributed by atoms with Crippen LogP contribution in [0.4, 0.5) is 17.2 Å². The molecule has 38 heavy (non-hydrogen) atoms. The van der Waals surface area contributed by atoms with Gasteiger partial charge in [-0.3, -0.25) is 29.1 Å². The second kappa shape index (κ2) is 12.7. The third-order valence-electron chi connectivity index (χ3n) is 6.11. The van der Waals surface area contributed by atoms with Crippen LogP contribution in [0.5, 0.6) is 0 Å². The number of nitrogens with one attached hydrogen (secondary N) is 3. The van der Waals surface area contributed by atoms with E-state index >= 15 is 0 Å². The van der Waals surface area contributed by atoms with Gasteiger partial charge in [0.05, 0.1) is 6.54 Å². The molecule has 11 nitrogen and oxygen atoms in total. The first-order valence-electron chi connectivity index (χ1n) is 12.5. The van der Waals surface area contributed by atoms with Gasteiger partial charge in [-0.1, -0.05) is 49.7 Å². The standard InChI is InChI=1S/C27H36N8O3/c1-4-5-16-34-25(29)23(31-15-14-19-8-12-22(13-9-19)32-18(2)36)26(37)35(27(34)38)17-20-6-10-21(11-7-20)24(28)33(3)30/h6-13,28,31H,4-5,14-17,29-30H2,1-3H3,(H,32,36). The monoisotopic (exact) mass is 520 g/mol. The Labute approximate surface area is 221 Å². The van der Waals surface area contributed by atoms with Gasteiger partial charge in [-0.15, -0.1) is 0 Å². The van der Waals surface area contributed by atoms with Gasteiger partial charge in [-0.2, -0.15) is 0 Å². The van der Waals surface area contributed by atoms with Crippen LogP contribution in [-0.2, 0) is 24.3 Å². The molecule has 0 aliphatic heterocycles. The Hall–Kier alpha value is -4.38. The zero-order chi connectivity index (χ0) is 27.8. The van der Waals surface area contributed by atoms with E-state index in [1.807, 2.05) is 31.2 Å². The van der Waals surface area contributed by atoms with Gasteiger partial charge in [-0.05, 0) is 36.1 Å². The van der Waals surface area contributed by atoms with Crippen molar-refractivity contribution < 1.29 is 4.79 Å². The van der Waals surface area contributed by atoms with E-state index in [9.17, 15) is 14.4 Å². The summed E-state index contributed by atoms with van der Waals surface area (Å²) < 4.78 is 2.63. The Morgan fingerprint density at radius 2 is 1.66 bits per heavy atom. The molecule has 7 N–H and O–H groups in total. The van der Waals surface area contributed by atoms with E-state index in [-0.39, 0.29) is 29.8 Å². The van der Waals surface area contributed by atoms with Gasteiger partial charge in [0, 0.05) is 38.3 Å². The normalized spacial score (nSPS) is 10.7. The maximum absolute atomic E-state index is 13.4. The number of hydrazine groups is 1. The Kier molecular flexibility index (Phi) is 9.44. The number of aromatic nitrogens is 2. The molecule has 0 atom stereocenters. The summed E-state index contributed by atoms with van der Waals surface area (Å²) in [7, 11) is 1.58. The summed E-state index contributed by atoms with van der Waals surface area (Å²) in [5, 5.41) is 15.1. The van der Waals surface area contributed by atoms with E-state index in [4.69, 9.17) is 17.0 Å². The topological polar surface area (TPSA) is 164 Å². The lowest BCUT2D eigenvalue weighted by Gasteiger charge is -2.18. The number of rotatable bonds is 11. The van der Waals surface area contributed by atoms with Crippen LogP contribution in [0.1, 0.15) is 43.4 Å². The lowest BCUT2D eigenvalue weighted by molar-refractivity contribution is -0.114. The van der Waals surface area contributed by atoms with Crippen molar-refractivity contribution in [2.75, 3.05) is 30.0 Å². The smallest absolute Gasteiger partial charge is 0.332 e. The second-order valence-corrected chi connectivity index (χ2v) is 9.15. The molecule has 0 bridgehead atoms. The number of nitrogen functional groups attached to an aromatic ring is 1. The fraction of sp³-hybridized carbons (Fsp3) is 0.333. The summed E-state index contributed by atoms with van der Waals surface area (Å²) in [6.45, 7) is 4.37. The molecule has 11 heteroatoms. The SMILES string of the molecule is CCCCn1c(N)c(NCCc2ccc(NC(C)=O)cc2)c(=O)n(Cc2ccc(C(=N)N(C)N)cc2)c1=O. The van der Waals surface area contributed by atoms with Gasteiger partial charge in [0.25, 0.3) is 5.56 Å². The highest BCUT2D eigenvalue weighted by Gasteiger charge is 2.17. The molecule has 0 aliphatic rings. The molecule has 3 aromatic rings. The molecular weight excluding hydrogens is 484 g/mol. The molecule has 1 amide bonds. The number of amides is 1. The van der Waals surface area contributed by atoms with Gasteiger partial charge in [-0.25, -0.2) is 10.6 Å². The molecule has 0 saturated heterocycles. The van der Waals surface area contributed by atoms with Crippen molar-refractivity contribution in [2.45, 2.75) is 46.2 Å². The predicted molar refractivity (Wildman–Crippen MR) is 152 cm³/mol. The van der Waals surface area contributed by atoms with Crippen LogP contribution in [0.3, 0.4) is 0 Å². The summed E-state index contributed by atoms with van der Waals surface area (Å²) in [4.78, 5) is 37.9. The van der Waals surface area contributed by atoms with Gasteiger partial charge >= 0.3 is 5.69 Å². The number of nitrogens with zero attached hydrogens (tertiary/aromatic N) is 3. The number of benzene rings is 2. The number of unbranched alkanes of at least 4 members (excludes halogenated alkanes) is 1. The number of amidine groups is 1. The average molecular weight is 521 g/mol.